The van der Waals surface area contributed by atoms with Gasteiger partial charge in [-0.1, -0.05) is 6.07 Å². The van der Waals surface area contributed by atoms with Crippen molar-refractivity contribution in [3.8, 4) is 28.7 Å². The Balaban J connectivity index is 2.57. The Hall–Kier alpha value is -2.89. The third kappa shape index (κ3) is 2.11. The molecule has 2 aromatic rings. The molecule has 6 heteroatoms. The molecule has 0 radical (unpaired) electrons. The lowest BCUT2D eigenvalue weighted by atomic mass is 10.0. The average Bonchev–Trinajstić information content (AvgIpc) is 2.35. The summed E-state index contributed by atoms with van der Waals surface area (Å²) in [4.78, 5) is 12.1. The quantitative estimate of drug-likeness (QED) is 0.413. The molecular weight excluding hydrogens is 252 g/mol. The summed E-state index contributed by atoms with van der Waals surface area (Å²) in [5.41, 5.74) is -0.545. The summed E-state index contributed by atoms with van der Waals surface area (Å²) < 4.78 is 0. The zero-order valence-corrected chi connectivity index (χ0v) is 9.53. The maximum absolute atomic E-state index is 12.1. The molecule has 2 rings (SSSR count). The van der Waals surface area contributed by atoms with E-state index in [1.165, 1.54) is 18.2 Å². The van der Waals surface area contributed by atoms with Gasteiger partial charge in [0.05, 0.1) is 0 Å². The second-order valence-electron chi connectivity index (χ2n) is 3.86. The number of phenolic OH excluding ortho intramolecular Hbond substituents is 5. The highest BCUT2D eigenvalue weighted by atomic mass is 16.3. The number of carbonyl (C=O) groups is 1. The van der Waals surface area contributed by atoms with E-state index < -0.39 is 34.5 Å². The summed E-state index contributed by atoms with van der Waals surface area (Å²) in [5.74, 6) is -3.79. The summed E-state index contributed by atoms with van der Waals surface area (Å²) in [5, 5.41) is 47.0. The van der Waals surface area contributed by atoms with Crippen molar-refractivity contribution in [2.24, 2.45) is 0 Å². The molecule has 0 aliphatic carbocycles. The summed E-state index contributed by atoms with van der Waals surface area (Å²) in [6, 6.07) is 5.62. The van der Waals surface area contributed by atoms with Crippen LogP contribution in [0, 0.1) is 0 Å². The number of phenols is 5. The molecule has 0 unspecified atom stereocenters. The van der Waals surface area contributed by atoms with Gasteiger partial charge in [-0.15, -0.1) is 0 Å². The lowest BCUT2D eigenvalue weighted by Crippen LogP contribution is -2.02. The number of ketones is 1. The Bertz CT molecular complexity index is 619. The molecule has 6 nitrogen and oxygen atoms in total. The molecule has 0 saturated carbocycles. The van der Waals surface area contributed by atoms with Gasteiger partial charge in [0.2, 0.25) is 5.78 Å². The van der Waals surface area contributed by atoms with Gasteiger partial charge < -0.3 is 25.5 Å². The zero-order chi connectivity index (χ0) is 14.2. The Kier molecular flexibility index (Phi) is 2.92. The summed E-state index contributed by atoms with van der Waals surface area (Å²) in [7, 11) is 0. The molecule has 0 amide bonds. The standard InChI is InChI=1S/C13H10O6/c14-7-2-1-3-8(15)11(7)12(18)6-4-9(16)13(19)10(17)5-6/h1-5,14-17,19H. The fraction of sp³-hybridized carbons (Fsp3) is 0. The Labute approximate surface area is 107 Å². The molecule has 0 heterocycles. The van der Waals surface area contributed by atoms with Gasteiger partial charge in [-0.2, -0.15) is 0 Å². The van der Waals surface area contributed by atoms with Crippen LogP contribution in [0.15, 0.2) is 30.3 Å². The van der Waals surface area contributed by atoms with Crippen LogP contribution >= 0.6 is 0 Å². The average molecular weight is 262 g/mol. The highest BCUT2D eigenvalue weighted by molar-refractivity contribution is 6.12. The maximum atomic E-state index is 12.1. The Morgan fingerprint density at radius 2 is 1.26 bits per heavy atom. The van der Waals surface area contributed by atoms with Gasteiger partial charge in [-0.25, -0.2) is 0 Å². The highest BCUT2D eigenvalue weighted by Crippen LogP contribution is 2.37. The van der Waals surface area contributed by atoms with Crippen molar-refractivity contribution in [1.29, 1.82) is 0 Å². The molecule has 0 aliphatic rings. The van der Waals surface area contributed by atoms with Crippen LogP contribution < -0.4 is 0 Å². The molecule has 19 heavy (non-hydrogen) atoms. The van der Waals surface area contributed by atoms with Crippen LogP contribution in [0.5, 0.6) is 28.7 Å². The molecule has 5 N–H and O–H groups in total. The van der Waals surface area contributed by atoms with Crippen molar-refractivity contribution < 1.29 is 30.3 Å². The SMILES string of the molecule is O=C(c1cc(O)c(O)c(O)c1)c1c(O)cccc1O. The number of aromatic hydroxyl groups is 5. The lowest BCUT2D eigenvalue weighted by molar-refractivity contribution is 0.103. The number of hydrogen-bond acceptors (Lipinski definition) is 6. The van der Waals surface area contributed by atoms with E-state index in [1.807, 2.05) is 0 Å². The van der Waals surface area contributed by atoms with Crippen molar-refractivity contribution in [3.05, 3.63) is 41.5 Å². The number of carbonyl (C=O) groups excluding carboxylic acids is 1. The van der Waals surface area contributed by atoms with Crippen molar-refractivity contribution >= 4 is 5.78 Å². The van der Waals surface area contributed by atoms with Gasteiger partial charge in [0.1, 0.15) is 17.1 Å². The minimum atomic E-state index is -0.804. The van der Waals surface area contributed by atoms with Gasteiger partial charge in [0.25, 0.3) is 0 Å². The van der Waals surface area contributed by atoms with E-state index in [0.717, 1.165) is 12.1 Å². The Morgan fingerprint density at radius 3 is 1.74 bits per heavy atom. The van der Waals surface area contributed by atoms with Crippen LogP contribution in [0.25, 0.3) is 0 Å². The van der Waals surface area contributed by atoms with Crippen LogP contribution in [-0.4, -0.2) is 31.3 Å². The van der Waals surface area contributed by atoms with E-state index in [2.05, 4.69) is 0 Å². The highest BCUT2D eigenvalue weighted by Gasteiger charge is 2.20. The van der Waals surface area contributed by atoms with Gasteiger partial charge in [-0.3, -0.25) is 4.79 Å². The predicted octanol–water partition coefficient (Wildman–Crippen LogP) is 1.45. The van der Waals surface area contributed by atoms with E-state index in [4.69, 9.17) is 0 Å². The van der Waals surface area contributed by atoms with Crippen LogP contribution in [0.3, 0.4) is 0 Å². The first-order valence-corrected chi connectivity index (χ1v) is 5.22. The third-order valence-corrected chi connectivity index (χ3v) is 2.58. The zero-order valence-electron chi connectivity index (χ0n) is 9.53. The molecule has 0 fully saturated rings. The van der Waals surface area contributed by atoms with Crippen molar-refractivity contribution in [2.75, 3.05) is 0 Å². The van der Waals surface area contributed by atoms with E-state index in [9.17, 15) is 30.3 Å². The Morgan fingerprint density at radius 1 is 0.789 bits per heavy atom. The van der Waals surface area contributed by atoms with E-state index >= 15 is 0 Å². The van der Waals surface area contributed by atoms with Gasteiger partial charge >= 0.3 is 0 Å². The van der Waals surface area contributed by atoms with Crippen molar-refractivity contribution in [1.82, 2.24) is 0 Å². The van der Waals surface area contributed by atoms with Gasteiger partial charge in [-0.05, 0) is 24.3 Å². The summed E-state index contributed by atoms with van der Waals surface area (Å²) in [6.45, 7) is 0. The topological polar surface area (TPSA) is 118 Å². The number of rotatable bonds is 2. The van der Waals surface area contributed by atoms with Crippen molar-refractivity contribution in [2.45, 2.75) is 0 Å². The van der Waals surface area contributed by atoms with E-state index in [0.29, 0.717) is 0 Å². The van der Waals surface area contributed by atoms with Crippen LogP contribution in [0.1, 0.15) is 15.9 Å². The van der Waals surface area contributed by atoms with E-state index in [1.54, 1.807) is 0 Å². The summed E-state index contributed by atoms with van der Waals surface area (Å²) >= 11 is 0. The molecule has 0 bridgehead atoms. The molecule has 0 aliphatic heterocycles. The monoisotopic (exact) mass is 262 g/mol. The maximum Gasteiger partial charge on any atom is 0.200 e. The van der Waals surface area contributed by atoms with Crippen LogP contribution in [-0.2, 0) is 0 Å². The van der Waals surface area contributed by atoms with Gasteiger partial charge in [0, 0.05) is 5.56 Å². The predicted molar refractivity (Wildman–Crippen MR) is 64.6 cm³/mol. The first-order valence-electron chi connectivity index (χ1n) is 5.22. The van der Waals surface area contributed by atoms with Crippen LogP contribution in [0.4, 0.5) is 0 Å². The molecular formula is C13H10O6. The number of benzene rings is 2. The third-order valence-electron chi connectivity index (χ3n) is 2.58. The smallest absolute Gasteiger partial charge is 0.200 e. The molecule has 0 atom stereocenters. The first-order chi connectivity index (χ1) is 8.91. The fourth-order valence-corrected chi connectivity index (χ4v) is 1.64. The molecule has 2 aromatic carbocycles. The molecule has 0 aromatic heterocycles. The largest absolute Gasteiger partial charge is 0.507 e. The van der Waals surface area contributed by atoms with Gasteiger partial charge in [0.15, 0.2) is 17.2 Å². The minimum Gasteiger partial charge on any atom is -0.507 e. The molecule has 98 valence electrons. The minimum absolute atomic E-state index is 0.190. The van der Waals surface area contributed by atoms with E-state index in [-0.39, 0.29) is 11.1 Å². The number of hydrogen-bond donors (Lipinski definition) is 5. The fourth-order valence-electron chi connectivity index (χ4n) is 1.64. The molecule has 0 spiro atoms. The second kappa shape index (κ2) is 4.41. The van der Waals surface area contributed by atoms with Crippen LogP contribution in [0.2, 0.25) is 0 Å². The molecule has 0 saturated heterocycles. The van der Waals surface area contributed by atoms with Crippen molar-refractivity contribution in [3.63, 3.8) is 0 Å². The summed E-state index contributed by atoms with van der Waals surface area (Å²) in [6.07, 6.45) is 0. The first kappa shape index (κ1) is 12.6. The second-order valence-corrected chi connectivity index (χ2v) is 3.86. The lowest BCUT2D eigenvalue weighted by Gasteiger charge is -2.08. The normalized spacial score (nSPS) is 10.3.